The van der Waals surface area contributed by atoms with Gasteiger partial charge in [0.05, 0.1) is 41.4 Å². The second-order valence-electron chi connectivity index (χ2n) is 10.6. The summed E-state index contributed by atoms with van der Waals surface area (Å²) in [6.45, 7) is 0. The van der Waals surface area contributed by atoms with Crippen molar-refractivity contribution >= 4 is 32.6 Å². The van der Waals surface area contributed by atoms with Crippen molar-refractivity contribution in [2.45, 2.75) is 0 Å². The SMILES string of the molecule is [2H]c1c([2H])c([2H])c(-c2ccccc2-c2c3c([2H])c([2H])c([2H])c([2H])c3c(-c3ccccc3-n3c(-c4c([2H])c([2H])c([2H])c([2H])c4[2H])nc4ccccc43)c3c([2H])c([2H])c([2H])c([2H])c23)c([2H])c1[2H]. The lowest BCUT2D eigenvalue weighted by molar-refractivity contribution is 1.10. The molecule has 0 atom stereocenters. The fourth-order valence-electron chi connectivity index (χ4n) is 6.15. The number of hydrogen-bond donors (Lipinski definition) is 0. The molecule has 0 amide bonds. The highest BCUT2D eigenvalue weighted by molar-refractivity contribution is 6.23. The smallest absolute Gasteiger partial charge is 0.145 e. The van der Waals surface area contributed by atoms with Gasteiger partial charge in [-0.3, -0.25) is 4.57 Å². The normalized spacial score (nSPS) is 16.8. The van der Waals surface area contributed by atoms with E-state index in [1.165, 1.54) is 16.7 Å². The van der Waals surface area contributed by atoms with Gasteiger partial charge in [0.25, 0.3) is 0 Å². The van der Waals surface area contributed by atoms with Gasteiger partial charge in [0, 0.05) is 11.1 Å². The van der Waals surface area contributed by atoms with Crippen molar-refractivity contribution in [1.29, 1.82) is 0 Å². The maximum atomic E-state index is 9.57. The molecule has 0 bridgehead atoms. The first-order valence-electron chi connectivity index (χ1n) is 23.6. The number of hydrogen-bond acceptors (Lipinski definition) is 1. The molecular weight excluding hydrogens is 569 g/mol. The van der Waals surface area contributed by atoms with Gasteiger partial charge in [0.1, 0.15) is 5.82 Å². The molecule has 1 aromatic heterocycles. The van der Waals surface area contributed by atoms with Crippen molar-refractivity contribution in [2.75, 3.05) is 0 Å². The Hall–Kier alpha value is -6.25. The molecule has 220 valence electrons. The van der Waals surface area contributed by atoms with Crippen LogP contribution in [-0.4, -0.2) is 9.55 Å². The molecule has 47 heavy (non-hydrogen) atoms. The Morgan fingerprint density at radius 1 is 0.426 bits per heavy atom. The van der Waals surface area contributed by atoms with E-state index in [9.17, 15) is 5.48 Å². The van der Waals surface area contributed by atoms with Crippen LogP contribution in [0.15, 0.2) is 182 Å². The molecule has 9 rings (SSSR count). The van der Waals surface area contributed by atoms with Crippen LogP contribution in [0.1, 0.15) is 24.7 Å². The molecule has 8 aromatic carbocycles. The van der Waals surface area contributed by atoms with Gasteiger partial charge in [0.2, 0.25) is 0 Å². The minimum atomic E-state index is -0.687. The molecule has 0 fully saturated rings. The van der Waals surface area contributed by atoms with Crippen LogP contribution in [0.25, 0.3) is 83.0 Å². The van der Waals surface area contributed by atoms with Gasteiger partial charge in [-0.15, -0.1) is 0 Å². The van der Waals surface area contributed by atoms with Crippen molar-refractivity contribution in [2.24, 2.45) is 0 Å². The molecule has 0 unspecified atom stereocenters. The monoisotopic (exact) mass is 616 g/mol. The Morgan fingerprint density at radius 2 is 0.894 bits per heavy atom. The van der Waals surface area contributed by atoms with Crippen LogP contribution >= 0.6 is 0 Å². The van der Waals surface area contributed by atoms with Crippen molar-refractivity contribution in [3.05, 3.63) is 182 Å². The number of imidazole rings is 1. The third kappa shape index (κ3) is 4.46. The van der Waals surface area contributed by atoms with Gasteiger partial charge < -0.3 is 0 Å². The molecule has 0 aliphatic carbocycles. The number of nitrogens with zero attached hydrogens (tertiary/aromatic N) is 2. The Kier molecular flexibility index (Phi) is 3.47. The Balaban J connectivity index is 1.54. The third-order valence-corrected chi connectivity index (χ3v) is 8.04. The highest BCUT2D eigenvalue weighted by Gasteiger charge is 2.22. The molecule has 0 radical (unpaired) electrons. The summed E-state index contributed by atoms with van der Waals surface area (Å²) in [5.74, 6) is -0.0859. The summed E-state index contributed by atoms with van der Waals surface area (Å²) in [5, 5.41) is -0.805. The van der Waals surface area contributed by atoms with Crippen LogP contribution in [0.3, 0.4) is 0 Å². The Labute approximate surface area is 299 Å². The van der Waals surface area contributed by atoms with Gasteiger partial charge in [-0.2, -0.15) is 0 Å². The van der Waals surface area contributed by atoms with Gasteiger partial charge in [-0.05, 0) is 67.6 Å². The summed E-state index contributed by atoms with van der Waals surface area (Å²) in [4.78, 5) is 4.77. The van der Waals surface area contributed by atoms with E-state index in [4.69, 9.17) is 24.2 Å². The zero-order valence-corrected chi connectivity index (χ0v) is 24.3. The van der Waals surface area contributed by atoms with Crippen molar-refractivity contribution in [1.82, 2.24) is 9.55 Å². The largest absolute Gasteiger partial charge is 0.292 e. The summed E-state index contributed by atoms with van der Waals surface area (Å²) in [7, 11) is 0. The second kappa shape index (κ2) is 11.3. The summed E-state index contributed by atoms with van der Waals surface area (Å²) in [5.41, 5.74) is 0.441. The zero-order valence-electron chi connectivity index (χ0n) is 42.3. The van der Waals surface area contributed by atoms with Gasteiger partial charge in [-0.1, -0.05) is 163 Å². The van der Waals surface area contributed by atoms with E-state index in [-0.39, 0.29) is 72.0 Å². The van der Waals surface area contributed by atoms with Crippen LogP contribution in [-0.2, 0) is 0 Å². The highest BCUT2D eigenvalue weighted by Crippen LogP contribution is 2.47. The van der Waals surface area contributed by atoms with E-state index in [1.807, 2.05) is 0 Å². The van der Waals surface area contributed by atoms with Crippen LogP contribution in [0.5, 0.6) is 0 Å². The van der Waals surface area contributed by atoms with E-state index >= 15 is 0 Å². The number of rotatable bonds is 5. The molecular formula is C45H30N2. The topological polar surface area (TPSA) is 17.8 Å². The lowest BCUT2D eigenvalue weighted by atomic mass is 9.83. The standard InChI is InChI=1S/C45H30N2/c1-3-17-31(18-4-1)33-21-7-8-22-34(33)43-35-23-9-11-25-37(35)44(38-26-12-10-24-36(38)43)39-27-13-15-29-41(39)47-42-30-16-14-28-40(42)46-45(47)32-19-5-2-6-20-32/h1-30H/i1D,2D,3D,4D,5D,6D,9D,10D,11D,12D,17D,18D,19D,20D,23D,24D,25D,26D. The van der Waals surface area contributed by atoms with E-state index < -0.39 is 109 Å². The summed E-state index contributed by atoms with van der Waals surface area (Å²) in [6.07, 6.45) is 0. The fourth-order valence-corrected chi connectivity index (χ4v) is 6.15. The van der Waals surface area contributed by atoms with E-state index in [0.29, 0.717) is 11.0 Å². The van der Waals surface area contributed by atoms with E-state index in [1.54, 1.807) is 60.7 Å². The van der Waals surface area contributed by atoms with Gasteiger partial charge in [0.15, 0.2) is 0 Å². The van der Waals surface area contributed by atoms with Crippen LogP contribution < -0.4 is 0 Å². The molecule has 0 saturated carbocycles. The Morgan fingerprint density at radius 3 is 1.53 bits per heavy atom. The fraction of sp³-hybridized carbons (Fsp3) is 0. The first-order chi connectivity index (χ1) is 30.8. The van der Waals surface area contributed by atoms with Gasteiger partial charge in [-0.25, -0.2) is 4.98 Å². The molecule has 0 aliphatic rings. The number of aromatic nitrogens is 2. The minimum Gasteiger partial charge on any atom is -0.292 e. The summed E-state index contributed by atoms with van der Waals surface area (Å²) in [6, 6.07) is 8.06. The van der Waals surface area contributed by atoms with Gasteiger partial charge >= 0.3 is 0 Å². The Bertz CT molecular complexity index is 3460. The highest BCUT2D eigenvalue weighted by atomic mass is 15.1. The first kappa shape index (κ1) is 14.5. The lowest BCUT2D eigenvalue weighted by Crippen LogP contribution is -2.01. The second-order valence-corrected chi connectivity index (χ2v) is 10.6. The predicted molar refractivity (Wildman–Crippen MR) is 198 cm³/mol. The molecule has 0 saturated heterocycles. The average molecular weight is 617 g/mol. The van der Waals surface area contributed by atoms with Crippen LogP contribution in [0, 0.1) is 0 Å². The molecule has 2 heteroatoms. The lowest BCUT2D eigenvalue weighted by Gasteiger charge is -2.21. The first-order valence-corrected chi connectivity index (χ1v) is 14.6. The van der Waals surface area contributed by atoms with Crippen molar-refractivity contribution in [3.63, 3.8) is 0 Å². The molecule has 0 spiro atoms. The molecule has 9 aromatic rings. The zero-order chi connectivity index (χ0) is 46.8. The quantitative estimate of drug-likeness (QED) is 0.176. The maximum Gasteiger partial charge on any atom is 0.145 e. The molecule has 1 heterocycles. The molecule has 2 nitrogen and oxygen atoms in total. The molecule has 0 N–H and O–H groups in total. The van der Waals surface area contributed by atoms with E-state index in [0.717, 1.165) is 0 Å². The number of para-hydroxylation sites is 3. The van der Waals surface area contributed by atoms with E-state index in [2.05, 4.69) is 0 Å². The maximum absolute atomic E-state index is 9.57. The van der Waals surface area contributed by atoms with Crippen molar-refractivity contribution < 1.29 is 24.7 Å². The van der Waals surface area contributed by atoms with Crippen LogP contribution in [0.4, 0.5) is 0 Å². The van der Waals surface area contributed by atoms with Crippen LogP contribution in [0.2, 0.25) is 0 Å². The summed E-state index contributed by atoms with van der Waals surface area (Å²) >= 11 is 0. The molecule has 0 aliphatic heterocycles. The number of fused-ring (bicyclic) bond motifs is 3. The summed E-state index contributed by atoms with van der Waals surface area (Å²) < 4.78 is 162. The minimum absolute atomic E-state index is 0.0215. The number of benzene rings is 8. The average Bonchev–Trinajstić information content (AvgIpc) is 3.69. The third-order valence-electron chi connectivity index (χ3n) is 8.04. The predicted octanol–water partition coefficient (Wildman–Crippen LogP) is 12.0. The van der Waals surface area contributed by atoms with Crippen molar-refractivity contribution in [3.8, 4) is 50.5 Å².